The second kappa shape index (κ2) is 31.4. The topological polar surface area (TPSA) is 84.9 Å². The third-order valence-corrected chi connectivity index (χ3v) is 7.36. The van der Waals surface area contributed by atoms with E-state index in [2.05, 4.69) is 19.2 Å². The van der Waals surface area contributed by atoms with Gasteiger partial charge in [-0.25, -0.2) is 0 Å². The van der Waals surface area contributed by atoms with E-state index in [1.807, 2.05) is 0 Å². The highest BCUT2D eigenvalue weighted by molar-refractivity contribution is 5.70. The molecule has 6 nitrogen and oxygen atoms in total. The van der Waals surface area contributed by atoms with Crippen LogP contribution in [0.4, 0.5) is 0 Å². The highest BCUT2D eigenvalue weighted by atomic mass is 16.6. The molecule has 0 bridgehead atoms. The minimum absolute atomic E-state index is 0.0120. The fourth-order valence-electron chi connectivity index (χ4n) is 4.85. The van der Waals surface area contributed by atoms with Gasteiger partial charge in [0.15, 0.2) is 0 Å². The van der Waals surface area contributed by atoms with Crippen molar-refractivity contribution in [3.8, 4) is 0 Å². The van der Waals surface area contributed by atoms with Crippen LogP contribution in [-0.4, -0.2) is 49.5 Å². The molecule has 0 aliphatic rings. The van der Waals surface area contributed by atoms with Crippen LogP contribution in [0.1, 0.15) is 168 Å². The lowest BCUT2D eigenvalue weighted by Crippen LogP contribution is -2.36. The molecule has 2 N–H and O–H groups in total. The SMILES string of the molecule is CCCCCCCCCCCCCC(=O)OCC(CNCCO)OC(=O)CCCCCCCCCCCCC. The summed E-state index contributed by atoms with van der Waals surface area (Å²) in [5.41, 5.74) is 0. The van der Waals surface area contributed by atoms with E-state index in [1.54, 1.807) is 0 Å². The van der Waals surface area contributed by atoms with E-state index in [0.717, 1.165) is 25.7 Å². The first-order valence-corrected chi connectivity index (χ1v) is 16.8. The number of esters is 2. The van der Waals surface area contributed by atoms with Crippen LogP contribution in [0.2, 0.25) is 0 Å². The molecule has 0 saturated carbocycles. The number of aliphatic hydroxyl groups is 1. The van der Waals surface area contributed by atoms with Crippen LogP contribution in [-0.2, 0) is 19.1 Å². The Hall–Kier alpha value is -1.14. The number of carbonyl (C=O) groups excluding carboxylic acids is 2. The van der Waals surface area contributed by atoms with Crippen molar-refractivity contribution >= 4 is 11.9 Å². The van der Waals surface area contributed by atoms with Crippen LogP contribution in [0.3, 0.4) is 0 Å². The van der Waals surface area contributed by atoms with Gasteiger partial charge < -0.3 is 19.9 Å². The first-order valence-electron chi connectivity index (χ1n) is 16.8. The molecule has 0 spiro atoms. The lowest BCUT2D eigenvalue weighted by molar-refractivity contribution is -0.159. The van der Waals surface area contributed by atoms with Gasteiger partial charge >= 0.3 is 11.9 Å². The van der Waals surface area contributed by atoms with Crippen LogP contribution in [0.15, 0.2) is 0 Å². The fraction of sp³-hybridized carbons (Fsp3) is 0.939. The number of rotatable bonds is 31. The number of aliphatic hydroxyl groups excluding tert-OH is 1. The molecule has 0 amide bonds. The van der Waals surface area contributed by atoms with Gasteiger partial charge in [-0.05, 0) is 12.8 Å². The van der Waals surface area contributed by atoms with Gasteiger partial charge in [-0.1, -0.05) is 142 Å². The van der Waals surface area contributed by atoms with Gasteiger partial charge in [0.25, 0.3) is 0 Å². The second-order valence-corrected chi connectivity index (χ2v) is 11.3. The average Bonchev–Trinajstić information content (AvgIpc) is 2.93. The van der Waals surface area contributed by atoms with Gasteiger partial charge in [0.05, 0.1) is 6.61 Å². The van der Waals surface area contributed by atoms with Gasteiger partial charge in [0, 0.05) is 25.9 Å². The zero-order valence-electron chi connectivity index (χ0n) is 26.0. The maximum absolute atomic E-state index is 12.3. The lowest BCUT2D eigenvalue weighted by Gasteiger charge is -2.18. The van der Waals surface area contributed by atoms with Crippen molar-refractivity contribution in [2.45, 2.75) is 174 Å². The van der Waals surface area contributed by atoms with E-state index in [0.29, 0.717) is 25.9 Å². The maximum Gasteiger partial charge on any atom is 0.306 e. The van der Waals surface area contributed by atoms with Crippen molar-refractivity contribution in [3.63, 3.8) is 0 Å². The highest BCUT2D eigenvalue weighted by Gasteiger charge is 2.16. The van der Waals surface area contributed by atoms with E-state index < -0.39 is 6.10 Å². The maximum atomic E-state index is 12.3. The molecular weight excluding hydrogens is 490 g/mol. The average molecular weight is 556 g/mol. The van der Waals surface area contributed by atoms with Crippen molar-refractivity contribution in [1.82, 2.24) is 5.32 Å². The minimum atomic E-state index is -0.516. The largest absolute Gasteiger partial charge is 0.462 e. The summed E-state index contributed by atoms with van der Waals surface area (Å²) in [4.78, 5) is 24.5. The van der Waals surface area contributed by atoms with Crippen LogP contribution in [0.25, 0.3) is 0 Å². The Bertz CT molecular complexity index is 528. The quantitative estimate of drug-likeness (QED) is 0.0659. The van der Waals surface area contributed by atoms with Crippen molar-refractivity contribution in [3.05, 3.63) is 0 Å². The Morgan fingerprint density at radius 2 is 0.974 bits per heavy atom. The predicted octanol–water partition coefficient (Wildman–Crippen LogP) is 8.43. The van der Waals surface area contributed by atoms with Crippen LogP contribution in [0, 0.1) is 0 Å². The van der Waals surface area contributed by atoms with E-state index in [9.17, 15) is 9.59 Å². The lowest BCUT2D eigenvalue weighted by atomic mass is 10.1. The van der Waals surface area contributed by atoms with E-state index in [1.165, 1.54) is 116 Å². The molecule has 0 aliphatic heterocycles. The Morgan fingerprint density at radius 1 is 0.590 bits per heavy atom. The molecule has 0 aromatic rings. The summed E-state index contributed by atoms with van der Waals surface area (Å²) >= 11 is 0. The summed E-state index contributed by atoms with van der Waals surface area (Å²) in [7, 11) is 0. The first-order chi connectivity index (χ1) is 19.1. The molecule has 0 aromatic carbocycles. The highest BCUT2D eigenvalue weighted by Crippen LogP contribution is 2.14. The molecular formula is C33H65NO5. The third kappa shape index (κ3) is 29.7. The van der Waals surface area contributed by atoms with Gasteiger partial charge in [-0.15, -0.1) is 0 Å². The van der Waals surface area contributed by atoms with Crippen LogP contribution < -0.4 is 5.32 Å². The predicted molar refractivity (Wildman–Crippen MR) is 163 cm³/mol. The van der Waals surface area contributed by atoms with Crippen molar-refractivity contribution in [1.29, 1.82) is 0 Å². The standard InChI is InChI=1S/C33H65NO5/c1-3-5-7-9-11-13-15-17-19-21-23-25-32(36)38-30-31(29-34-27-28-35)39-33(37)26-24-22-20-18-16-14-12-10-8-6-4-2/h31,34-35H,3-30H2,1-2H3. The Labute approximate surface area is 241 Å². The summed E-state index contributed by atoms with van der Waals surface area (Å²) in [6, 6.07) is 0. The Balaban J connectivity index is 3.87. The van der Waals surface area contributed by atoms with Crippen molar-refractivity contribution in [2.24, 2.45) is 0 Å². The minimum Gasteiger partial charge on any atom is -0.462 e. The summed E-state index contributed by atoms with van der Waals surface area (Å²) in [6.07, 6.45) is 27.6. The summed E-state index contributed by atoms with van der Waals surface area (Å²) in [6.45, 7) is 5.37. The molecule has 6 heteroatoms. The molecule has 39 heavy (non-hydrogen) atoms. The number of carbonyl (C=O) groups is 2. The van der Waals surface area contributed by atoms with Crippen molar-refractivity contribution < 1.29 is 24.2 Å². The summed E-state index contributed by atoms with van der Waals surface area (Å²) in [5, 5.41) is 12.1. The van der Waals surface area contributed by atoms with Crippen LogP contribution >= 0.6 is 0 Å². The smallest absolute Gasteiger partial charge is 0.306 e. The molecule has 232 valence electrons. The van der Waals surface area contributed by atoms with Gasteiger partial charge in [0.2, 0.25) is 0 Å². The number of nitrogens with one attached hydrogen (secondary N) is 1. The Kier molecular flexibility index (Phi) is 30.5. The van der Waals surface area contributed by atoms with Gasteiger partial charge in [-0.2, -0.15) is 0 Å². The molecule has 1 unspecified atom stereocenters. The summed E-state index contributed by atoms with van der Waals surface area (Å²) in [5.74, 6) is -0.456. The van der Waals surface area contributed by atoms with Crippen LogP contribution in [0.5, 0.6) is 0 Å². The molecule has 0 aromatic heterocycles. The van der Waals surface area contributed by atoms with Gasteiger partial charge in [-0.3, -0.25) is 9.59 Å². The number of hydrogen-bond donors (Lipinski definition) is 2. The zero-order valence-corrected chi connectivity index (χ0v) is 26.0. The number of unbranched alkanes of at least 4 members (excludes halogenated alkanes) is 20. The number of ether oxygens (including phenoxy) is 2. The normalized spacial score (nSPS) is 12.0. The van der Waals surface area contributed by atoms with Gasteiger partial charge in [0.1, 0.15) is 12.7 Å². The monoisotopic (exact) mass is 555 g/mol. The number of hydrogen-bond acceptors (Lipinski definition) is 6. The van der Waals surface area contributed by atoms with E-state index in [4.69, 9.17) is 14.6 Å². The zero-order chi connectivity index (χ0) is 28.7. The summed E-state index contributed by atoms with van der Waals surface area (Å²) < 4.78 is 11.0. The molecule has 0 heterocycles. The molecule has 0 rings (SSSR count). The van der Waals surface area contributed by atoms with Crippen molar-refractivity contribution in [2.75, 3.05) is 26.3 Å². The van der Waals surface area contributed by atoms with E-state index >= 15 is 0 Å². The first kappa shape index (κ1) is 37.9. The molecule has 0 aliphatic carbocycles. The Morgan fingerprint density at radius 3 is 1.38 bits per heavy atom. The third-order valence-electron chi connectivity index (χ3n) is 7.36. The molecule has 0 fully saturated rings. The van der Waals surface area contributed by atoms with E-state index in [-0.39, 0.29) is 25.2 Å². The molecule has 0 saturated heterocycles. The molecule has 0 radical (unpaired) electrons. The molecule has 1 atom stereocenters. The second-order valence-electron chi connectivity index (χ2n) is 11.3. The fourth-order valence-corrected chi connectivity index (χ4v) is 4.85.